The van der Waals surface area contributed by atoms with Crippen molar-refractivity contribution in [2.24, 2.45) is 5.10 Å². The average Bonchev–Trinajstić information content (AvgIpc) is 2.45. The van der Waals surface area contributed by atoms with Gasteiger partial charge >= 0.3 is 0 Å². The van der Waals surface area contributed by atoms with E-state index in [0.29, 0.717) is 12.6 Å². The van der Waals surface area contributed by atoms with Gasteiger partial charge in [0.05, 0.1) is 18.0 Å². The van der Waals surface area contributed by atoms with Crippen LogP contribution in [-0.4, -0.2) is 22.8 Å². The van der Waals surface area contributed by atoms with Crippen LogP contribution in [0.1, 0.15) is 29.4 Å². The van der Waals surface area contributed by atoms with Gasteiger partial charge in [0.15, 0.2) is 0 Å². The maximum Gasteiger partial charge on any atom is 0.244 e. The third kappa shape index (κ3) is 4.10. The summed E-state index contributed by atoms with van der Waals surface area (Å²) in [5.74, 6) is 0.481. The number of rotatable bonds is 5. The first-order valence-electron chi connectivity index (χ1n) is 6.80. The number of aromatic nitrogens is 2. The zero-order chi connectivity index (χ0) is 15.2. The Hall–Kier alpha value is -2.27. The maximum atomic E-state index is 5.09. The Morgan fingerprint density at radius 3 is 2.71 bits per heavy atom. The summed E-state index contributed by atoms with van der Waals surface area (Å²) in [4.78, 5) is 8.68. The quantitative estimate of drug-likeness (QED) is 0.677. The first-order valence-corrected chi connectivity index (χ1v) is 6.80. The summed E-state index contributed by atoms with van der Waals surface area (Å²) in [6.07, 6.45) is 0. The van der Waals surface area contributed by atoms with Crippen molar-refractivity contribution in [2.75, 3.05) is 12.5 Å². The lowest BCUT2D eigenvalue weighted by atomic mass is 10.1. The predicted octanol–water partition coefficient (Wildman–Crippen LogP) is 3.08. The van der Waals surface area contributed by atoms with Crippen LogP contribution in [0.5, 0.6) is 0 Å². The molecule has 0 spiro atoms. The van der Waals surface area contributed by atoms with Crippen LogP contribution in [0.3, 0.4) is 0 Å². The summed E-state index contributed by atoms with van der Waals surface area (Å²) in [5.41, 5.74) is 7.81. The fraction of sp³-hybridized carbons (Fsp3) is 0.312. The second-order valence-electron chi connectivity index (χ2n) is 4.88. The lowest BCUT2D eigenvalue weighted by Crippen LogP contribution is -2.06. The molecule has 1 heterocycles. The molecule has 21 heavy (non-hydrogen) atoms. The Balaban J connectivity index is 2.18. The molecular weight excluding hydrogens is 264 g/mol. The molecule has 0 bridgehead atoms. The Morgan fingerprint density at radius 1 is 1.24 bits per heavy atom. The minimum atomic E-state index is 0.457. The summed E-state index contributed by atoms with van der Waals surface area (Å²) in [6, 6.07) is 10.0. The normalized spacial score (nSPS) is 11.5. The van der Waals surface area contributed by atoms with E-state index >= 15 is 0 Å². The van der Waals surface area contributed by atoms with Crippen LogP contribution in [0.15, 0.2) is 35.4 Å². The minimum absolute atomic E-state index is 0.457. The fourth-order valence-corrected chi connectivity index (χ4v) is 2.08. The molecule has 0 amide bonds. The molecule has 0 saturated heterocycles. The van der Waals surface area contributed by atoms with E-state index in [1.807, 2.05) is 38.1 Å². The molecule has 2 aromatic rings. The van der Waals surface area contributed by atoms with Gasteiger partial charge in [-0.15, -0.1) is 0 Å². The van der Waals surface area contributed by atoms with Crippen molar-refractivity contribution in [3.8, 4) is 0 Å². The van der Waals surface area contributed by atoms with Gasteiger partial charge in [0, 0.05) is 18.4 Å². The van der Waals surface area contributed by atoms with Crippen LogP contribution < -0.4 is 5.43 Å². The van der Waals surface area contributed by atoms with Crippen molar-refractivity contribution < 1.29 is 4.74 Å². The van der Waals surface area contributed by atoms with Crippen LogP contribution >= 0.6 is 0 Å². The number of ether oxygens (including phenoxy) is 1. The van der Waals surface area contributed by atoms with Crippen LogP contribution in [0.4, 0.5) is 5.95 Å². The lowest BCUT2D eigenvalue weighted by Gasteiger charge is -2.07. The number of hydrazone groups is 1. The van der Waals surface area contributed by atoms with Crippen molar-refractivity contribution in [3.63, 3.8) is 0 Å². The molecule has 5 heteroatoms. The topological polar surface area (TPSA) is 59.4 Å². The highest BCUT2D eigenvalue weighted by Crippen LogP contribution is 2.10. The van der Waals surface area contributed by atoms with Crippen molar-refractivity contribution in [3.05, 3.63) is 52.8 Å². The molecule has 2 rings (SSSR count). The molecule has 0 aliphatic carbocycles. The molecule has 0 aliphatic heterocycles. The van der Waals surface area contributed by atoms with Gasteiger partial charge in [0.2, 0.25) is 5.95 Å². The van der Waals surface area contributed by atoms with Crippen LogP contribution in [0.2, 0.25) is 0 Å². The molecule has 1 aromatic carbocycles. The first-order chi connectivity index (χ1) is 10.1. The van der Waals surface area contributed by atoms with Crippen molar-refractivity contribution in [1.82, 2.24) is 9.97 Å². The van der Waals surface area contributed by atoms with E-state index in [-0.39, 0.29) is 0 Å². The molecule has 0 unspecified atom stereocenters. The monoisotopic (exact) mass is 284 g/mol. The van der Waals surface area contributed by atoms with E-state index in [1.54, 1.807) is 7.11 Å². The van der Waals surface area contributed by atoms with Gasteiger partial charge in [-0.25, -0.2) is 15.4 Å². The van der Waals surface area contributed by atoms with Gasteiger partial charge in [-0.05, 0) is 32.4 Å². The molecule has 0 fully saturated rings. The van der Waals surface area contributed by atoms with Crippen molar-refractivity contribution in [2.45, 2.75) is 27.4 Å². The number of nitrogens with one attached hydrogen (secondary N) is 1. The molecule has 0 aliphatic rings. The minimum Gasteiger partial charge on any atom is -0.378 e. The third-order valence-electron chi connectivity index (χ3n) is 3.06. The highest BCUT2D eigenvalue weighted by Gasteiger charge is 2.03. The van der Waals surface area contributed by atoms with Gasteiger partial charge in [-0.2, -0.15) is 5.10 Å². The van der Waals surface area contributed by atoms with Gasteiger partial charge in [0.25, 0.3) is 0 Å². The second kappa shape index (κ2) is 6.95. The van der Waals surface area contributed by atoms with Gasteiger partial charge in [0.1, 0.15) is 0 Å². The molecule has 1 N–H and O–H groups in total. The van der Waals surface area contributed by atoms with Gasteiger partial charge in [-0.1, -0.05) is 24.3 Å². The number of methoxy groups -OCH3 is 1. The Labute approximate surface area is 125 Å². The molecule has 1 aromatic heterocycles. The zero-order valence-electron chi connectivity index (χ0n) is 12.8. The summed E-state index contributed by atoms with van der Waals surface area (Å²) >= 11 is 0. The van der Waals surface area contributed by atoms with E-state index < -0.39 is 0 Å². The van der Waals surface area contributed by atoms with E-state index in [0.717, 1.165) is 22.7 Å². The van der Waals surface area contributed by atoms with Crippen LogP contribution in [0.25, 0.3) is 0 Å². The lowest BCUT2D eigenvalue weighted by molar-refractivity contribution is 0.181. The highest BCUT2D eigenvalue weighted by atomic mass is 16.5. The Bertz CT molecular complexity index is 652. The molecule has 0 atom stereocenters. The number of benzene rings is 1. The summed E-state index contributed by atoms with van der Waals surface area (Å²) in [6.45, 7) is 6.40. The Morgan fingerprint density at radius 2 is 2.00 bits per heavy atom. The van der Waals surface area contributed by atoms with E-state index in [9.17, 15) is 0 Å². The molecular formula is C16H20N4O. The van der Waals surface area contributed by atoms with Crippen LogP contribution in [0, 0.1) is 13.8 Å². The first kappa shape index (κ1) is 15.1. The fourth-order valence-electron chi connectivity index (χ4n) is 2.08. The molecule has 5 nitrogen and oxygen atoms in total. The van der Waals surface area contributed by atoms with E-state index in [4.69, 9.17) is 4.74 Å². The third-order valence-corrected chi connectivity index (χ3v) is 3.06. The number of nitrogens with zero attached hydrogens (tertiary/aromatic N) is 3. The number of hydrogen-bond acceptors (Lipinski definition) is 5. The summed E-state index contributed by atoms with van der Waals surface area (Å²) < 4.78 is 5.09. The largest absolute Gasteiger partial charge is 0.378 e. The van der Waals surface area contributed by atoms with Crippen molar-refractivity contribution in [1.29, 1.82) is 0 Å². The zero-order valence-corrected chi connectivity index (χ0v) is 12.8. The van der Waals surface area contributed by atoms with Gasteiger partial charge < -0.3 is 4.74 Å². The SMILES string of the molecule is COCc1cc(C)nc(NN=C(C)c2ccccc2C)n1. The molecule has 0 saturated carbocycles. The second-order valence-corrected chi connectivity index (χ2v) is 4.88. The Kier molecular flexibility index (Phi) is 5.00. The predicted molar refractivity (Wildman–Crippen MR) is 84.5 cm³/mol. The molecule has 110 valence electrons. The standard InChI is InChI=1S/C16H20N4O/c1-11-7-5-6-8-15(11)13(3)19-20-16-17-12(2)9-14(18-16)10-21-4/h5-9H,10H2,1-4H3,(H,17,18,20). The van der Waals surface area contributed by atoms with Crippen LogP contribution in [-0.2, 0) is 11.3 Å². The summed E-state index contributed by atoms with van der Waals surface area (Å²) in [7, 11) is 1.64. The summed E-state index contributed by atoms with van der Waals surface area (Å²) in [5, 5.41) is 4.37. The number of anilines is 1. The highest BCUT2D eigenvalue weighted by molar-refractivity contribution is 6.00. The smallest absolute Gasteiger partial charge is 0.244 e. The van der Waals surface area contributed by atoms with E-state index in [2.05, 4.69) is 33.5 Å². The van der Waals surface area contributed by atoms with E-state index in [1.165, 1.54) is 5.56 Å². The number of hydrogen-bond donors (Lipinski definition) is 1. The van der Waals surface area contributed by atoms with Gasteiger partial charge in [-0.3, -0.25) is 0 Å². The molecule has 0 radical (unpaired) electrons. The maximum absolute atomic E-state index is 5.09. The average molecular weight is 284 g/mol. The van der Waals surface area contributed by atoms with Crippen molar-refractivity contribution >= 4 is 11.7 Å². The number of aryl methyl sites for hydroxylation is 2.